The molecule has 1 aliphatic heterocycles. The maximum absolute atomic E-state index is 12.8. The SMILES string of the molecule is CCN(CC)C1C=CN(c2ccc(F)cc2)C1. The first kappa shape index (κ1) is 12.1. The molecule has 1 atom stereocenters. The lowest BCUT2D eigenvalue weighted by molar-refractivity contribution is 0.264. The lowest BCUT2D eigenvalue weighted by atomic mass is 10.2. The first-order valence-corrected chi connectivity index (χ1v) is 6.19. The van der Waals surface area contributed by atoms with Crippen LogP contribution in [0.2, 0.25) is 0 Å². The molecule has 17 heavy (non-hydrogen) atoms. The Hall–Kier alpha value is -1.35. The van der Waals surface area contributed by atoms with Gasteiger partial charge < -0.3 is 4.90 Å². The molecular weight excluding hydrogens is 215 g/mol. The molecule has 0 N–H and O–H groups in total. The zero-order valence-corrected chi connectivity index (χ0v) is 10.4. The number of hydrogen-bond donors (Lipinski definition) is 0. The minimum Gasteiger partial charge on any atom is -0.346 e. The minimum atomic E-state index is -0.183. The summed E-state index contributed by atoms with van der Waals surface area (Å²) in [5.74, 6) is -0.183. The van der Waals surface area contributed by atoms with E-state index in [9.17, 15) is 4.39 Å². The van der Waals surface area contributed by atoms with Crippen molar-refractivity contribution in [1.82, 2.24) is 4.90 Å². The second kappa shape index (κ2) is 5.32. The van der Waals surface area contributed by atoms with Gasteiger partial charge in [-0.25, -0.2) is 4.39 Å². The van der Waals surface area contributed by atoms with Gasteiger partial charge in [-0.3, -0.25) is 4.90 Å². The van der Waals surface area contributed by atoms with Crippen molar-refractivity contribution in [2.75, 3.05) is 24.5 Å². The molecule has 2 rings (SSSR count). The van der Waals surface area contributed by atoms with Gasteiger partial charge in [-0.15, -0.1) is 0 Å². The molecular formula is C14H19FN2. The van der Waals surface area contributed by atoms with Crippen LogP contribution in [0.1, 0.15) is 13.8 Å². The van der Waals surface area contributed by atoms with Gasteiger partial charge in [0.15, 0.2) is 0 Å². The van der Waals surface area contributed by atoms with Crippen molar-refractivity contribution in [3.63, 3.8) is 0 Å². The van der Waals surface area contributed by atoms with Crippen molar-refractivity contribution in [3.8, 4) is 0 Å². The van der Waals surface area contributed by atoms with Gasteiger partial charge in [0.05, 0.1) is 0 Å². The minimum absolute atomic E-state index is 0.183. The second-order valence-corrected chi connectivity index (χ2v) is 4.26. The monoisotopic (exact) mass is 234 g/mol. The molecule has 3 heteroatoms. The summed E-state index contributed by atoms with van der Waals surface area (Å²) in [6, 6.07) is 7.13. The highest BCUT2D eigenvalue weighted by molar-refractivity contribution is 5.51. The average molecular weight is 234 g/mol. The van der Waals surface area contributed by atoms with Gasteiger partial charge in [0.2, 0.25) is 0 Å². The fourth-order valence-corrected chi connectivity index (χ4v) is 2.28. The normalized spacial score (nSPS) is 19.3. The number of hydrogen-bond acceptors (Lipinski definition) is 2. The first-order valence-electron chi connectivity index (χ1n) is 6.19. The van der Waals surface area contributed by atoms with Crippen molar-refractivity contribution >= 4 is 5.69 Å². The van der Waals surface area contributed by atoms with Gasteiger partial charge in [-0.05, 0) is 43.4 Å². The summed E-state index contributed by atoms with van der Waals surface area (Å²) in [5, 5.41) is 0. The van der Waals surface area contributed by atoms with Gasteiger partial charge in [0.1, 0.15) is 5.82 Å². The number of halogens is 1. The predicted molar refractivity (Wildman–Crippen MR) is 69.6 cm³/mol. The molecule has 0 spiro atoms. The summed E-state index contributed by atoms with van der Waals surface area (Å²) in [6.07, 6.45) is 4.31. The fourth-order valence-electron chi connectivity index (χ4n) is 2.28. The standard InChI is InChI=1S/C14H19FN2/c1-3-16(4-2)14-9-10-17(11-14)13-7-5-12(15)6-8-13/h5-10,14H,3-4,11H2,1-2H3. The van der Waals surface area contributed by atoms with E-state index in [-0.39, 0.29) is 5.82 Å². The van der Waals surface area contributed by atoms with Crippen LogP contribution >= 0.6 is 0 Å². The van der Waals surface area contributed by atoms with E-state index in [0.717, 1.165) is 25.3 Å². The van der Waals surface area contributed by atoms with Crippen LogP contribution in [0.25, 0.3) is 0 Å². The van der Waals surface area contributed by atoms with E-state index in [4.69, 9.17) is 0 Å². The van der Waals surface area contributed by atoms with E-state index < -0.39 is 0 Å². The summed E-state index contributed by atoms with van der Waals surface area (Å²) in [7, 11) is 0. The molecule has 92 valence electrons. The highest BCUT2D eigenvalue weighted by atomic mass is 19.1. The maximum Gasteiger partial charge on any atom is 0.123 e. The van der Waals surface area contributed by atoms with Crippen LogP contribution in [-0.2, 0) is 0 Å². The number of benzene rings is 1. The number of anilines is 1. The Morgan fingerprint density at radius 2 is 1.88 bits per heavy atom. The Morgan fingerprint density at radius 3 is 2.47 bits per heavy atom. The molecule has 0 bridgehead atoms. The fraction of sp³-hybridized carbons (Fsp3) is 0.429. The molecule has 1 aromatic carbocycles. The van der Waals surface area contributed by atoms with E-state index >= 15 is 0 Å². The molecule has 0 saturated carbocycles. The summed E-state index contributed by atoms with van der Waals surface area (Å²) >= 11 is 0. The Morgan fingerprint density at radius 1 is 1.24 bits per heavy atom. The van der Waals surface area contributed by atoms with Crippen molar-refractivity contribution in [1.29, 1.82) is 0 Å². The van der Waals surface area contributed by atoms with Gasteiger partial charge in [0.25, 0.3) is 0 Å². The van der Waals surface area contributed by atoms with Gasteiger partial charge in [-0.1, -0.05) is 13.8 Å². The first-order chi connectivity index (χ1) is 8.24. The van der Waals surface area contributed by atoms with E-state index in [2.05, 4.69) is 35.9 Å². The number of nitrogens with zero attached hydrogens (tertiary/aromatic N) is 2. The molecule has 0 amide bonds. The highest BCUT2D eigenvalue weighted by Gasteiger charge is 2.21. The Kier molecular flexibility index (Phi) is 3.79. The van der Waals surface area contributed by atoms with Crippen molar-refractivity contribution in [3.05, 3.63) is 42.4 Å². The van der Waals surface area contributed by atoms with E-state index in [1.807, 2.05) is 12.1 Å². The van der Waals surface area contributed by atoms with E-state index in [0.29, 0.717) is 6.04 Å². The van der Waals surface area contributed by atoms with Crippen molar-refractivity contribution in [2.24, 2.45) is 0 Å². The van der Waals surface area contributed by atoms with Gasteiger partial charge in [0, 0.05) is 24.5 Å². The molecule has 0 aliphatic carbocycles. The van der Waals surface area contributed by atoms with E-state index in [1.165, 1.54) is 12.1 Å². The van der Waals surface area contributed by atoms with Crippen LogP contribution in [0.5, 0.6) is 0 Å². The molecule has 0 saturated heterocycles. The highest BCUT2D eigenvalue weighted by Crippen LogP contribution is 2.21. The quantitative estimate of drug-likeness (QED) is 0.790. The average Bonchev–Trinajstić information content (AvgIpc) is 2.81. The smallest absolute Gasteiger partial charge is 0.123 e. The molecule has 1 unspecified atom stereocenters. The molecule has 1 heterocycles. The lowest BCUT2D eigenvalue weighted by Crippen LogP contribution is -2.37. The van der Waals surface area contributed by atoms with Crippen molar-refractivity contribution < 1.29 is 4.39 Å². The summed E-state index contributed by atoms with van der Waals surface area (Å²) < 4.78 is 12.8. The molecule has 1 aromatic rings. The third-order valence-electron chi connectivity index (χ3n) is 3.31. The summed E-state index contributed by atoms with van der Waals surface area (Å²) in [4.78, 5) is 4.59. The van der Waals surface area contributed by atoms with Gasteiger partial charge in [-0.2, -0.15) is 0 Å². The largest absolute Gasteiger partial charge is 0.346 e. The van der Waals surface area contributed by atoms with Gasteiger partial charge >= 0.3 is 0 Å². The van der Waals surface area contributed by atoms with Crippen LogP contribution in [0, 0.1) is 5.82 Å². The topological polar surface area (TPSA) is 6.48 Å². The van der Waals surface area contributed by atoms with Crippen LogP contribution in [0.15, 0.2) is 36.5 Å². The van der Waals surface area contributed by atoms with Crippen LogP contribution in [0.4, 0.5) is 10.1 Å². The third-order valence-corrected chi connectivity index (χ3v) is 3.31. The molecule has 0 radical (unpaired) electrons. The number of likely N-dealkylation sites (N-methyl/N-ethyl adjacent to an activating group) is 1. The molecule has 0 aromatic heterocycles. The predicted octanol–water partition coefficient (Wildman–Crippen LogP) is 2.87. The molecule has 0 fully saturated rings. The Labute approximate surface area is 102 Å². The lowest BCUT2D eigenvalue weighted by Gasteiger charge is -2.26. The van der Waals surface area contributed by atoms with Crippen LogP contribution in [-0.4, -0.2) is 30.6 Å². The summed E-state index contributed by atoms with van der Waals surface area (Å²) in [5.41, 5.74) is 1.05. The third kappa shape index (κ3) is 2.67. The summed E-state index contributed by atoms with van der Waals surface area (Å²) in [6.45, 7) is 7.43. The second-order valence-electron chi connectivity index (χ2n) is 4.26. The Balaban J connectivity index is 2.03. The van der Waals surface area contributed by atoms with Crippen LogP contribution < -0.4 is 4.90 Å². The Bertz CT molecular complexity index is 382. The van der Waals surface area contributed by atoms with Crippen molar-refractivity contribution in [2.45, 2.75) is 19.9 Å². The maximum atomic E-state index is 12.8. The zero-order chi connectivity index (χ0) is 12.3. The molecule has 2 nitrogen and oxygen atoms in total. The zero-order valence-electron chi connectivity index (χ0n) is 10.4. The molecule has 1 aliphatic rings. The number of rotatable bonds is 4. The van der Waals surface area contributed by atoms with E-state index in [1.54, 1.807) is 0 Å². The van der Waals surface area contributed by atoms with Crippen LogP contribution in [0.3, 0.4) is 0 Å².